The van der Waals surface area contributed by atoms with E-state index in [1.54, 1.807) is 12.1 Å². The fraction of sp³-hybridized carbons (Fsp3) is 0.438. The number of urea groups is 1. The van der Waals surface area contributed by atoms with Crippen LogP contribution in [0.5, 0.6) is 5.75 Å². The summed E-state index contributed by atoms with van der Waals surface area (Å²) in [5.74, 6) is 0.817. The fourth-order valence-corrected chi connectivity index (χ4v) is 3.16. The number of aromatic nitrogens is 2. The second-order valence-corrected chi connectivity index (χ2v) is 6.93. The Hall–Kier alpha value is -2.15. The first-order chi connectivity index (χ1) is 11.1. The first-order valence-electron chi connectivity index (χ1n) is 7.79. The largest absolute Gasteiger partial charge is 0.508 e. The van der Waals surface area contributed by atoms with Gasteiger partial charge in [0, 0.05) is 12.0 Å². The highest BCUT2D eigenvalue weighted by atomic mass is 32.1. The zero-order chi connectivity index (χ0) is 16.2. The Morgan fingerprint density at radius 3 is 2.78 bits per heavy atom. The lowest BCUT2D eigenvalue weighted by molar-refractivity contribution is 0.248. The van der Waals surface area contributed by atoms with Crippen molar-refractivity contribution in [3.63, 3.8) is 0 Å². The molecule has 3 rings (SSSR count). The molecule has 0 bridgehead atoms. The molecule has 6 nitrogen and oxygen atoms in total. The van der Waals surface area contributed by atoms with Crippen LogP contribution in [-0.4, -0.2) is 27.4 Å². The fourth-order valence-electron chi connectivity index (χ4n) is 2.26. The minimum atomic E-state index is -0.248. The van der Waals surface area contributed by atoms with Crippen LogP contribution in [-0.2, 0) is 6.42 Å². The van der Waals surface area contributed by atoms with E-state index in [1.807, 2.05) is 19.1 Å². The Bertz CT molecular complexity index is 667. The molecule has 2 aromatic rings. The Balaban J connectivity index is 1.42. The quantitative estimate of drug-likeness (QED) is 0.758. The number of aromatic hydroxyl groups is 1. The lowest BCUT2D eigenvalue weighted by Gasteiger charge is -2.13. The van der Waals surface area contributed by atoms with Gasteiger partial charge in [-0.3, -0.25) is 5.32 Å². The molecule has 1 saturated carbocycles. The molecule has 1 aromatic carbocycles. The minimum Gasteiger partial charge on any atom is -0.508 e. The van der Waals surface area contributed by atoms with Gasteiger partial charge in [0.2, 0.25) is 5.13 Å². The summed E-state index contributed by atoms with van der Waals surface area (Å²) in [6, 6.07) is 6.92. The predicted octanol–water partition coefficient (Wildman–Crippen LogP) is 3.26. The lowest BCUT2D eigenvalue weighted by atomic mass is 10.1. The number of benzene rings is 1. The number of anilines is 1. The molecule has 1 aliphatic carbocycles. The summed E-state index contributed by atoms with van der Waals surface area (Å²) in [6.07, 6.45) is 4.01. The van der Waals surface area contributed by atoms with Crippen LogP contribution < -0.4 is 10.6 Å². The smallest absolute Gasteiger partial charge is 0.321 e. The van der Waals surface area contributed by atoms with Crippen LogP contribution in [0.2, 0.25) is 0 Å². The maximum absolute atomic E-state index is 12.0. The van der Waals surface area contributed by atoms with Crippen molar-refractivity contribution < 1.29 is 9.90 Å². The molecule has 1 aromatic heterocycles. The van der Waals surface area contributed by atoms with Gasteiger partial charge in [-0.2, -0.15) is 0 Å². The van der Waals surface area contributed by atoms with Crippen molar-refractivity contribution in [3.05, 3.63) is 34.8 Å². The van der Waals surface area contributed by atoms with Crippen LogP contribution in [0.1, 0.15) is 42.7 Å². The van der Waals surface area contributed by atoms with Crippen molar-refractivity contribution >= 4 is 22.5 Å². The van der Waals surface area contributed by atoms with Crippen LogP contribution in [0.25, 0.3) is 0 Å². The summed E-state index contributed by atoms with van der Waals surface area (Å²) in [4.78, 5) is 12.0. The van der Waals surface area contributed by atoms with E-state index < -0.39 is 0 Å². The molecular weight excluding hydrogens is 312 g/mol. The van der Waals surface area contributed by atoms with E-state index in [4.69, 9.17) is 0 Å². The van der Waals surface area contributed by atoms with Gasteiger partial charge < -0.3 is 10.4 Å². The summed E-state index contributed by atoms with van der Waals surface area (Å²) in [5, 5.41) is 24.6. The van der Waals surface area contributed by atoms with Gasteiger partial charge in [0.05, 0.1) is 0 Å². The number of carbonyl (C=O) groups is 1. The topological polar surface area (TPSA) is 87.1 Å². The van der Waals surface area contributed by atoms with Crippen molar-refractivity contribution in [1.29, 1.82) is 0 Å². The summed E-state index contributed by atoms with van der Waals surface area (Å²) in [7, 11) is 0. The number of aryl methyl sites for hydroxylation is 1. The number of nitrogens with zero attached hydrogens (tertiary/aromatic N) is 2. The molecule has 0 radical (unpaired) electrons. The average molecular weight is 332 g/mol. The monoisotopic (exact) mass is 332 g/mol. The van der Waals surface area contributed by atoms with E-state index >= 15 is 0 Å². The lowest BCUT2D eigenvalue weighted by Crippen LogP contribution is -2.36. The highest BCUT2D eigenvalue weighted by Crippen LogP contribution is 2.41. The summed E-state index contributed by atoms with van der Waals surface area (Å²) >= 11 is 1.45. The standard InChI is InChI=1S/C16H20N4O2S/c1-10(2-3-11-4-8-13(21)9-5-11)17-15(22)18-16-20-19-14(23-16)12-6-7-12/h4-5,8-10,12,21H,2-3,6-7H2,1H3,(H2,17,18,20,22)/t10-/m1/s1. The van der Waals surface area contributed by atoms with Crippen molar-refractivity contribution in [2.45, 2.75) is 44.6 Å². The van der Waals surface area contributed by atoms with Crippen molar-refractivity contribution in [1.82, 2.24) is 15.5 Å². The molecule has 1 atom stereocenters. The van der Waals surface area contributed by atoms with E-state index in [9.17, 15) is 9.90 Å². The first-order valence-corrected chi connectivity index (χ1v) is 8.60. The SMILES string of the molecule is C[C@H](CCc1ccc(O)cc1)NC(=O)Nc1nnc(C2CC2)s1. The molecule has 23 heavy (non-hydrogen) atoms. The molecule has 1 fully saturated rings. The van der Waals surface area contributed by atoms with E-state index in [0.717, 1.165) is 23.4 Å². The van der Waals surface area contributed by atoms with E-state index in [0.29, 0.717) is 11.0 Å². The molecule has 2 amide bonds. The van der Waals surface area contributed by atoms with Gasteiger partial charge in [-0.05, 0) is 50.3 Å². The van der Waals surface area contributed by atoms with Crippen molar-refractivity contribution in [2.75, 3.05) is 5.32 Å². The van der Waals surface area contributed by atoms with Gasteiger partial charge in [-0.15, -0.1) is 10.2 Å². The van der Waals surface area contributed by atoms with Crippen LogP contribution in [0.3, 0.4) is 0 Å². The molecule has 0 unspecified atom stereocenters. The predicted molar refractivity (Wildman–Crippen MR) is 89.9 cm³/mol. The number of carbonyl (C=O) groups excluding carboxylic acids is 1. The number of phenols is 1. The maximum atomic E-state index is 12.0. The average Bonchev–Trinajstić information content (AvgIpc) is 3.27. The molecule has 1 aliphatic rings. The second kappa shape index (κ2) is 6.95. The van der Waals surface area contributed by atoms with Gasteiger partial charge in [-0.25, -0.2) is 4.79 Å². The molecule has 0 aliphatic heterocycles. The van der Waals surface area contributed by atoms with Gasteiger partial charge in [0.1, 0.15) is 10.8 Å². The Morgan fingerprint density at radius 1 is 1.35 bits per heavy atom. The van der Waals surface area contributed by atoms with Gasteiger partial charge in [-0.1, -0.05) is 23.5 Å². The normalized spacial score (nSPS) is 15.2. The zero-order valence-corrected chi connectivity index (χ0v) is 13.8. The van der Waals surface area contributed by atoms with Gasteiger partial charge in [0.25, 0.3) is 0 Å². The van der Waals surface area contributed by atoms with Gasteiger partial charge in [0.15, 0.2) is 0 Å². The molecular formula is C16H20N4O2S. The molecule has 1 heterocycles. The Labute approximate surface area is 139 Å². The Kier molecular flexibility index (Phi) is 4.76. The summed E-state index contributed by atoms with van der Waals surface area (Å²) in [5.41, 5.74) is 1.13. The van der Waals surface area contributed by atoms with Gasteiger partial charge >= 0.3 is 6.03 Å². The maximum Gasteiger partial charge on any atom is 0.321 e. The van der Waals surface area contributed by atoms with Crippen LogP contribution >= 0.6 is 11.3 Å². The zero-order valence-electron chi connectivity index (χ0n) is 13.0. The summed E-state index contributed by atoms with van der Waals surface area (Å²) in [6.45, 7) is 1.97. The number of amides is 2. The van der Waals surface area contributed by atoms with E-state index in [1.165, 1.54) is 24.2 Å². The number of phenolic OH excluding ortho intramolecular Hbond substituents is 1. The number of nitrogens with one attached hydrogen (secondary N) is 2. The molecule has 7 heteroatoms. The third-order valence-corrected chi connectivity index (χ3v) is 4.77. The van der Waals surface area contributed by atoms with Crippen molar-refractivity contribution in [2.24, 2.45) is 0 Å². The minimum absolute atomic E-state index is 0.0413. The van der Waals surface area contributed by atoms with E-state index in [-0.39, 0.29) is 17.8 Å². The molecule has 0 saturated heterocycles. The third-order valence-electron chi connectivity index (χ3n) is 3.77. The van der Waals surface area contributed by atoms with Crippen LogP contribution in [0, 0.1) is 0 Å². The van der Waals surface area contributed by atoms with Crippen LogP contribution in [0.15, 0.2) is 24.3 Å². The first kappa shape index (κ1) is 15.7. The highest BCUT2D eigenvalue weighted by molar-refractivity contribution is 7.15. The molecule has 0 spiro atoms. The molecule has 122 valence electrons. The Morgan fingerprint density at radius 2 is 2.09 bits per heavy atom. The number of hydrogen-bond donors (Lipinski definition) is 3. The van der Waals surface area contributed by atoms with Crippen molar-refractivity contribution in [3.8, 4) is 5.75 Å². The third kappa shape index (κ3) is 4.66. The highest BCUT2D eigenvalue weighted by Gasteiger charge is 2.27. The number of hydrogen-bond acceptors (Lipinski definition) is 5. The summed E-state index contributed by atoms with van der Waals surface area (Å²) < 4.78 is 0. The molecule has 3 N–H and O–H groups in total. The number of rotatable bonds is 6. The van der Waals surface area contributed by atoms with Crippen LogP contribution in [0.4, 0.5) is 9.93 Å². The second-order valence-electron chi connectivity index (χ2n) is 5.92. The van der Waals surface area contributed by atoms with E-state index in [2.05, 4.69) is 20.8 Å².